The Kier molecular flexibility index (Phi) is 4.82. The predicted octanol–water partition coefficient (Wildman–Crippen LogP) is 5.15. The van der Waals surface area contributed by atoms with Gasteiger partial charge in [0.25, 0.3) is 5.69 Å². The Hall–Kier alpha value is -2.38. The van der Waals surface area contributed by atoms with Gasteiger partial charge in [0, 0.05) is 22.6 Å². The molecular weight excluding hydrogens is 350 g/mol. The van der Waals surface area contributed by atoms with Gasteiger partial charge >= 0.3 is 0 Å². The van der Waals surface area contributed by atoms with Gasteiger partial charge in [-0.15, -0.1) is 22.0 Å². The Morgan fingerprint density at radius 2 is 1.88 bits per heavy atom. The number of thioether (sulfide) groups is 1. The van der Waals surface area contributed by atoms with Crippen molar-refractivity contribution in [1.82, 2.24) is 10.2 Å². The topological polar surface area (TPSA) is 82.1 Å². The number of non-ortho nitro benzene ring substituents is 1. The van der Waals surface area contributed by atoms with Gasteiger partial charge in [-0.3, -0.25) is 10.1 Å². The maximum atomic E-state index is 10.7. The zero-order valence-electron chi connectivity index (χ0n) is 12.5. The second-order valence-corrected chi connectivity index (χ2v) is 6.73. The number of aromatic nitrogens is 2. The number of halogens is 1. The molecule has 0 radical (unpaired) electrons. The lowest BCUT2D eigenvalue weighted by Crippen LogP contribution is -1.88. The Balaban J connectivity index is 1.77. The fourth-order valence-electron chi connectivity index (χ4n) is 2.02. The van der Waals surface area contributed by atoms with Crippen molar-refractivity contribution in [2.24, 2.45) is 0 Å². The lowest BCUT2D eigenvalue weighted by atomic mass is 10.2. The highest BCUT2D eigenvalue weighted by Crippen LogP contribution is 2.38. The van der Waals surface area contributed by atoms with E-state index in [2.05, 4.69) is 10.2 Å². The van der Waals surface area contributed by atoms with Crippen molar-refractivity contribution in [3.8, 4) is 11.5 Å². The van der Waals surface area contributed by atoms with E-state index in [1.165, 1.54) is 23.9 Å². The van der Waals surface area contributed by atoms with Gasteiger partial charge in [-0.05, 0) is 31.2 Å². The van der Waals surface area contributed by atoms with Crippen LogP contribution in [0.15, 0.2) is 57.8 Å². The maximum absolute atomic E-state index is 10.7. The molecule has 0 saturated heterocycles. The van der Waals surface area contributed by atoms with Crippen molar-refractivity contribution in [2.45, 2.75) is 17.1 Å². The summed E-state index contributed by atoms with van der Waals surface area (Å²) in [4.78, 5) is 11.2. The van der Waals surface area contributed by atoms with Crippen molar-refractivity contribution >= 4 is 29.1 Å². The van der Waals surface area contributed by atoms with Crippen LogP contribution in [0.3, 0.4) is 0 Å². The number of nitro groups is 1. The van der Waals surface area contributed by atoms with Crippen molar-refractivity contribution in [3.63, 3.8) is 0 Å². The molecule has 6 nitrogen and oxygen atoms in total. The molecule has 2 aromatic carbocycles. The number of benzene rings is 2. The molecule has 1 aromatic heterocycles. The van der Waals surface area contributed by atoms with Crippen LogP contribution in [-0.2, 0) is 0 Å². The van der Waals surface area contributed by atoms with E-state index in [0.29, 0.717) is 22.4 Å². The molecule has 0 spiro atoms. The van der Waals surface area contributed by atoms with Crippen LogP contribution in [-0.4, -0.2) is 15.1 Å². The summed E-state index contributed by atoms with van der Waals surface area (Å²) in [6.07, 6.45) is 0. The minimum Gasteiger partial charge on any atom is -0.419 e. The van der Waals surface area contributed by atoms with Gasteiger partial charge in [0.15, 0.2) is 0 Å². The van der Waals surface area contributed by atoms with Crippen LogP contribution in [0.5, 0.6) is 0 Å². The molecule has 24 heavy (non-hydrogen) atoms. The third-order valence-corrected chi connectivity index (χ3v) is 4.86. The number of nitro benzene ring substituents is 1. The quantitative estimate of drug-likeness (QED) is 0.355. The second-order valence-electron chi connectivity index (χ2n) is 4.94. The first-order valence-corrected chi connectivity index (χ1v) is 8.30. The second kappa shape index (κ2) is 7.02. The first kappa shape index (κ1) is 16.5. The minimum absolute atomic E-state index is 0.0149. The molecule has 0 amide bonds. The number of hydrogen-bond donors (Lipinski definition) is 0. The van der Waals surface area contributed by atoms with E-state index >= 15 is 0 Å². The van der Waals surface area contributed by atoms with Gasteiger partial charge in [-0.25, -0.2) is 0 Å². The average molecular weight is 362 g/mol. The van der Waals surface area contributed by atoms with Crippen LogP contribution in [0.4, 0.5) is 5.69 Å². The highest BCUT2D eigenvalue weighted by atomic mass is 35.5. The number of rotatable bonds is 5. The smallest absolute Gasteiger partial charge is 0.269 e. The Bertz CT molecular complexity index is 867. The van der Waals surface area contributed by atoms with Gasteiger partial charge in [-0.2, -0.15) is 0 Å². The summed E-state index contributed by atoms with van der Waals surface area (Å²) in [5.41, 5.74) is 0.649. The lowest BCUT2D eigenvalue weighted by Gasteiger charge is -2.07. The molecule has 0 bridgehead atoms. The van der Waals surface area contributed by atoms with Crippen LogP contribution in [0.1, 0.15) is 18.1 Å². The first-order chi connectivity index (χ1) is 11.5. The molecule has 0 fully saturated rings. The van der Waals surface area contributed by atoms with Crippen LogP contribution >= 0.6 is 23.4 Å². The van der Waals surface area contributed by atoms with Crippen molar-refractivity contribution in [3.05, 3.63) is 69.6 Å². The zero-order chi connectivity index (χ0) is 17.1. The summed E-state index contributed by atoms with van der Waals surface area (Å²) in [6.45, 7) is 1.95. The molecule has 1 atom stereocenters. The van der Waals surface area contributed by atoms with Crippen LogP contribution < -0.4 is 0 Å². The summed E-state index contributed by atoms with van der Waals surface area (Å²) in [5, 5.41) is 19.3. The van der Waals surface area contributed by atoms with E-state index < -0.39 is 4.92 Å². The van der Waals surface area contributed by atoms with Gasteiger partial charge in [0.1, 0.15) is 0 Å². The van der Waals surface area contributed by atoms with Gasteiger partial charge in [-0.1, -0.05) is 23.7 Å². The van der Waals surface area contributed by atoms with Crippen molar-refractivity contribution in [1.29, 1.82) is 0 Å². The molecule has 3 aromatic rings. The van der Waals surface area contributed by atoms with Crippen LogP contribution in [0, 0.1) is 10.1 Å². The molecule has 0 aliphatic heterocycles. The minimum atomic E-state index is -0.453. The first-order valence-electron chi connectivity index (χ1n) is 7.04. The van der Waals surface area contributed by atoms with Gasteiger partial charge in [0.05, 0.1) is 15.2 Å². The highest BCUT2D eigenvalue weighted by molar-refractivity contribution is 7.99. The molecule has 0 aliphatic carbocycles. The van der Waals surface area contributed by atoms with Crippen LogP contribution in [0.25, 0.3) is 11.5 Å². The molecule has 1 heterocycles. The van der Waals surface area contributed by atoms with Gasteiger partial charge in [0.2, 0.25) is 11.8 Å². The molecule has 0 N–H and O–H groups in total. The van der Waals surface area contributed by atoms with E-state index in [4.69, 9.17) is 16.0 Å². The molecule has 122 valence electrons. The van der Waals surface area contributed by atoms with Crippen molar-refractivity contribution in [2.75, 3.05) is 0 Å². The Morgan fingerprint density at radius 3 is 2.54 bits per heavy atom. The Labute approximate surface area is 147 Å². The number of nitrogens with zero attached hydrogens (tertiary/aromatic N) is 3. The SMILES string of the molecule is CC(Sc1ccccc1Cl)c1nnc(-c2ccc([N+](=O)[O-])cc2)o1. The van der Waals surface area contributed by atoms with Crippen molar-refractivity contribution < 1.29 is 9.34 Å². The van der Waals surface area contributed by atoms with E-state index in [0.717, 1.165) is 4.90 Å². The average Bonchev–Trinajstić information content (AvgIpc) is 3.07. The molecule has 0 saturated carbocycles. The van der Waals surface area contributed by atoms with E-state index in [1.807, 2.05) is 31.2 Å². The molecular formula is C16H12ClN3O3S. The summed E-state index contributed by atoms with van der Waals surface area (Å²) in [6, 6.07) is 13.5. The molecule has 8 heteroatoms. The fourth-order valence-corrected chi connectivity index (χ4v) is 3.21. The summed E-state index contributed by atoms with van der Waals surface area (Å²) >= 11 is 7.68. The molecule has 0 aliphatic rings. The zero-order valence-corrected chi connectivity index (χ0v) is 14.1. The normalized spacial score (nSPS) is 12.1. The fraction of sp³-hybridized carbons (Fsp3) is 0.125. The van der Waals surface area contributed by atoms with E-state index in [-0.39, 0.29) is 10.9 Å². The third-order valence-electron chi connectivity index (χ3n) is 3.25. The Morgan fingerprint density at radius 1 is 1.17 bits per heavy atom. The molecule has 3 rings (SSSR count). The predicted molar refractivity (Wildman–Crippen MR) is 92.1 cm³/mol. The largest absolute Gasteiger partial charge is 0.419 e. The standard InChI is InChI=1S/C16H12ClN3O3S/c1-10(24-14-5-3-2-4-13(14)17)15-18-19-16(23-15)11-6-8-12(9-7-11)20(21)22/h2-10H,1H3. The van der Waals surface area contributed by atoms with Crippen LogP contribution in [0.2, 0.25) is 5.02 Å². The van der Waals surface area contributed by atoms with E-state index in [1.54, 1.807) is 12.1 Å². The molecule has 1 unspecified atom stereocenters. The highest BCUT2D eigenvalue weighted by Gasteiger charge is 2.17. The number of hydrogen-bond acceptors (Lipinski definition) is 6. The van der Waals surface area contributed by atoms with E-state index in [9.17, 15) is 10.1 Å². The summed E-state index contributed by atoms with van der Waals surface area (Å²) < 4.78 is 5.69. The van der Waals surface area contributed by atoms with Gasteiger partial charge < -0.3 is 4.42 Å². The monoisotopic (exact) mass is 361 g/mol. The summed E-state index contributed by atoms with van der Waals surface area (Å²) in [7, 11) is 0. The third kappa shape index (κ3) is 3.58. The lowest BCUT2D eigenvalue weighted by molar-refractivity contribution is -0.384. The summed E-state index contributed by atoms with van der Waals surface area (Å²) in [5.74, 6) is 0.791. The maximum Gasteiger partial charge on any atom is 0.269 e.